The van der Waals surface area contributed by atoms with Crippen LogP contribution in [-0.4, -0.2) is 37.2 Å². The topological polar surface area (TPSA) is 29.5 Å². The summed E-state index contributed by atoms with van der Waals surface area (Å²) in [7, 11) is 0. The van der Waals surface area contributed by atoms with Crippen LogP contribution in [0.3, 0.4) is 0 Å². The van der Waals surface area contributed by atoms with E-state index in [0.717, 1.165) is 45.3 Å². The summed E-state index contributed by atoms with van der Waals surface area (Å²) in [4.78, 5) is 14.6. The smallest absolute Gasteiger partial charge is 0.316 e. The van der Waals surface area contributed by atoms with Crippen molar-refractivity contribution >= 4 is 11.5 Å². The summed E-state index contributed by atoms with van der Waals surface area (Å²) in [5, 5.41) is 0. The molecule has 0 N–H and O–H groups in total. The van der Waals surface area contributed by atoms with Crippen LogP contribution in [0, 0.1) is 11.3 Å². The number of ether oxygens (including phenoxy) is 1. The second kappa shape index (κ2) is 10.2. The molecule has 1 fully saturated rings. The minimum absolute atomic E-state index is 0.209. The van der Waals surface area contributed by atoms with Crippen molar-refractivity contribution in [2.24, 2.45) is 11.3 Å². The zero-order valence-electron chi connectivity index (χ0n) is 20.2. The standard InChI is InChI=1S/C29H36FNO2/c1-29(2,3)28(32)33-25-13-14-27-24(18-25)7-4-5-8-26(27)23-11-9-21(10-12-23)17-22-19-31(20-22)16-6-15-30/h8-14,18,22H,4-7,15-17,19-20H2,1-3H3. The lowest BCUT2D eigenvalue weighted by molar-refractivity contribution is -0.143. The van der Waals surface area contributed by atoms with Crippen LogP contribution < -0.4 is 4.74 Å². The lowest BCUT2D eigenvalue weighted by Gasteiger charge is -2.39. The Morgan fingerprint density at radius 2 is 1.88 bits per heavy atom. The molecule has 176 valence electrons. The molecule has 0 amide bonds. The molecule has 2 aliphatic rings. The fraction of sp³-hybridized carbons (Fsp3) is 0.483. The van der Waals surface area contributed by atoms with E-state index in [1.54, 1.807) is 0 Å². The molecule has 1 aliphatic heterocycles. The molecule has 4 heteroatoms. The molecule has 0 atom stereocenters. The molecule has 0 unspecified atom stereocenters. The van der Waals surface area contributed by atoms with Crippen LogP contribution in [0.25, 0.3) is 5.57 Å². The van der Waals surface area contributed by atoms with E-state index in [1.807, 2.05) is 32.9 Å². The molecule has 0 radical (unpaired) electrons. The number of hydrogen-bond acceptors (Lipinski definition) is 3. The van der Waals surface area contributed by atoms with Crippen molar-refractivity contribution in [1.82, 2.24) is 4.90 Å². The molecule has 1 aliphatic carbocycles. The van der Waals surface area contributed by atoms with Crippen LogP contribution in [-0.2, 0) is 17.6 Å². The second-order valence-corrected chi connectivity index (χ2v) is 10.5. The maximum atomic E-state index is 12.3. The molecular weight excluding hydrogens is 413 g/mol. The number of allylic oxidation sites excluding steroid dienone is 1. The third-order valence-electron chi connectivity index (χ3n) is 6.62. The third kappa shape index (κ3) is 5.92. The van der Waals surface area contributed by atoms with Crippen molar-refractivity contribution < 1.29 is 13.9 Å². The van der Waals surface area contributed by atoms with Crippen LogP contribution in [0.4, 0.5) is 4.39 Å². The highest BCUT2D eigenvalue weighted by atomic mass is 19.1. The minimum Gasteiger partial charge on any atom is -0.426 e. The number of rotatable bonds is 7. The summed E-state index contributed by atoms with van der Waals surface area (Å²) in [5.74, 6) is 1.10. The van der Waals surface area contributed by atoms with Gasteiger partial charge in [0, 0.05) is 19.6 Å². The summed E-state index contributed by atoms with van der Waals surface area (Å²) in [6.45, 7) is 8.46. The molecule has 0 spiro atoms. The van der Waals surface area contributed by atoms with Gasteiger partial charge in [-0.05, 0) is 98.8 Å². The van der Waals surface area contributed by atoms with E-state index < -0.39 is 5.41 Å². The minimum atomic E-state index is -0.522. The SMILES string of the molecule is CC(C)(C)C(=O)Oc1ccc2c(c1)CCCC=C2c1ccc(CC2CN(CCCF)C2)cc1. The average Bonchev–Trinajstić information content (AvgIpc) is 2.97. The maximum absolute atomic E-state index is 12.3. The summed E-state index contributed by atoms with van der Waals surface area (Å²) in [6, 6.07) is 15.0. The molecule has 4 rings (SSSR count). The van der Waals surface area contributed by atoms with Crippen LogP contribution in [0.1, 0.15) is 62.3 Å². The number of benzene rings is 2. The number of halogens is 1. The van der Waals surface area contributed by atoms with Crippen molar-refractivity contribution in [2.45, 2.75) is 52.9 Å². The fourth-order valence-electron chi connectivity index (χ4n) is 4.71. The lowest BCUT2D eigenvalue weighted by Crippen LogP contribution is -2.47. The number of hydrogen-bond donors (Lipinski definition) is 0. The van der Waals surface area contributed by atoms with Crippen molar-refractivity contribution in [3.8, 4) is 5.75 Å². The fourth-order valence-corrected chi connectivity index (χ4v) is 4.71. The van der Waals surface area contributed by atoms with Gasteiger partial charge >= 0.3 is 5.97 Å². The second-order valence-electron chi connectivity index (χ2n) is 10.5. The third-order valence-corrected chi connectivity index (χ3v) is 6.62. The normalized spacial score (nSPS) is 17.0. The van der Waals surface area contributed by atoms with Crippen molar-refractivity contribution in [2.75, 3.05) is 26.3 Å². The number of carbonyl (C=O) groups is 1. The summed E-state index contributed by atoms with van der Waals surface area (Å²) in [5.41, 5.74) is 5.82. The molecule has 2 aromatic rings. The molecule has 0 bridgehead atoms. The van der Waals surface area contributed by atoms with Gasteiger partial charge in [-0.15, -0.1) is 0 Å². The Morgan fingerprint density at radius 3 is 2.58 bits per heavy atom. The first-order valence-corrected chi connectivity index (χ1v) is 12.3. The Hall–Kier alpha value is -2.46. The predicted octanol–water partition coefficient (Wildman–Crippen LogP) is 6.24. The van der Waals surface area contributed by atoms with E-state index in [1.165, 1.54) is 27.8 Å². The van der Waals surface area contributed by atoms with Crippen molar-refractivity contribution in [3.05, 3.63) is 70.8 Å². The van der Waals surface area contributed by atoms with Crippen LogP contribution in [0.5, 0.6) is 5.75 Å². The van der Waals surface area contributed by atoms with Gasteiger partial charge in [-0.25, -0.2) is 0 Å². The van der Waals surface area contributed by atoms with Gasteiger partial charge in [0.05, 0.1) is 12.1 Å². The van der Waals surface area contributed by atoms with Gasteiger partial charge in [0.25, 0.3) is 0 Å². The van der Waals surface area contributed by atoms with Gasteiger partial charge in [-0.1, -0.05) is 36.4 Å². The number of alkyl halides is 1. The molecular formula is C29H36FNO2. The van der Waals surface area contributed by atoms with Crippen LogP contribution in [0.2, 0.25) is 0 Å². The average molecular weight is 450 g/mol. The largest absolute Gasteiger partial charge is 0.426 e. The molecule has 3 nitrogen and oxygen atoms in total. The van der Waals surface area contributed by atoms with E-state index in [0.29, 0.717) is 18.1 Å². The summed E-state index contributed by atoms with van der Waals surface area (Å²) < 4.78 is 18.0. The first kappa shape index (κ1) is 23.7. The van der Waals surface area contributed by atoms with Crippen molar-refractivity contribution in [1.29, 1.82) is 0 Å². The molecule has 0 aromatic heterocycles. The van der Waals surface area contributed by atoms with Gasteiger partial charge in [-0.2, -0.15) is 0 Å². The predicted molar refractivity (Wildman–Crippen MR) is 132 cm³/mol. The zero-order valence-corrected chi connectivity index (χ0v) is 20.2. The lowest BCUT2D eigenvalue weighted by atomic mass is 9.89. The van der Waals surface area contributed by atoms with E-state index in [2.05, 4.69) is 41.3 Å². The number of esters is 1. The van der Waals surface area contributed by atoms with Gasteiger partial charge < -0.3 is 9.64 Å². The number of aryl methyl sites for hydroxylation is 1. The van der Waals surface area contributed by atoms with E-state index in [4.69, 9.17) is 4.74 Å². The quantitative estimate of drug-likeness (QED) is 0.370. The Balaban J connectivity index is 1.44. The molecule has 1 saturated heterocycles. The van der Waals surface area contributed by atoms with E-state index in [9.17, 15) is 9.18 Å². The maximum Gasteiger partial charge on any atom is 0.316 e. The summed E-state index contributed by atoms with van der Waals surface area (Å²) in [6.07, 6.45) is 7.19. The van der Waals surface area contributed by atoms with Gasteiger partial charge in [-0.3, -0.25) is 9.18 Å². The van der Waals surface area contributed by atoms with E-state index >= 15 is 0 Å². The van der Waals surface area contributed by atoms with Gasteiger partial charge in [0.2, 0.25) is 0 Å². The van der Waals surface area contributed by atoms with Gasteiger partial charge in [0.1, 0.15) is 5.75 Å². The molecule has 2 aromatic carbocycles. The highest BCUT2D eigenvalue weighted by Gasteiger charge is 2.26. The monoisotopic (exact) mass is 449 g/mol. The van der Waals surface area contributed by atoms with Crippen molar-refractivity contribution in [3.63, 3.8) is 0 Å². The first-order chi connectivity index (χ1) is 15.8. The first-order valence-electron chi connectivity index (χ1n) is 12.3. The highest BCUT2D eigenvalue weighted by Crippen LogP contribution is 2.34. The Bertz CT molecular complexity index is 997. The Morgan fingerprint density at radius 1 is 1.12 bits per heavy atom. The zero-order chi connectivity index (χ0) is 23.4. The number of nitrogens with zero attached hydrogens (tertiary/aromatic N) is 1. The number of fused-ring (bicyclic) bond motifs is 1. The molecule has 33 heavy (non-hydrogen) atoms. The Labute approximate surface area is 197 Å². The highest BCUT2D eigenvalue weighted by molar-refractivity contribution is 5.83. The molecule has 1 heterocycles. The summed E-state index contributed by atoms with van der Waals surface area (Å²) >= 11 is 0. The van der Waals surface area contributed by atoms with Crippen LogP contribution >= 0.6 is 0 Å². The number of likely N-dealkylation sites (tertiary alicyclic amines) is 1. The number of carbonyl (C=O) groups excluding carboxylic acids is 1. The van der Waals surface area contributed by atoms with E-state index in [-0.39, 0.29) is 12.6 Å². The van der Waals surface area contributed by atoms with Crippen LogP contribution in [0.15, 0.2) is 48.5 Å². The van der Waals surface area contributed by atoms with Gasteiger partial charge in [0.15, 0.2) is 0 Å². The molecule has 0 saturated carbocycles. The Kier molecular flexibility index (Phi) is 7.33.